The van der Waals surface area contributed by atoms with E-state index in [1.54, 1.807) is 24.3 Å². The van der Waals surface area contributed by atoms with Gasteiger partial charge in [-0.05, 0) is 36.0 Å². The van der Waals surface area contributed by atoms with Crippen LogP contribution in [0, 0.1) is 0 Å². The van der Waals surface area contributed by atoms with Crippen LogP contribution in [0.3, 0.4) is 0 Å². The van der Waals surface area contributed by atoms with Gasteiger partial charge in [0, 0.05) is 19.6 Å². The lowest BCUT2D eigenvalue weighted by atomic mass is 9.86. The molecule has 0 bridgehead atoms. The predicted molar refractivity (Wildman–Crippen MR) is 122 cm³/mol. The molecule has 1 aliphatic rings. The number of carbonyl (C=O) groups is 1. The number of piperidine rings is 1. The summed E-state index contributed by atoms with van der Waals surface area (Å²) in [6.45, 7) is 2.78. The lowest BCUT2D eigenvalue weighted by molar-refractivity contribution is -0.170. The Kier molecular flexibility index (Phi) is 6.80. The van der Waals surface area contributed by atoms with Gasteiger partial charge in [-0.3, -0.25) is 0 Å². The van der Waals surface area contributed by atoms with Gasteiger partial charge >= 0.3 is 5.97 Å². The van der Waals surface area contributed by atoms with E-state index in [-0.39, 0.29) is 6.10 Å². The first kappa shape index (κ1) is 21.3. The van der Waals surface area contributed by atoms with Crippen LogP contribution >= 0.6 is 0 Å². The maximum atomic E-state index is 13.2. The summed E-state index contributed by atoms with van der Waals surface area (Å²) in [5.74, 6) is -0.604. The first-order valence-corrected chi connectivity index (χ1v) is 11.0. The smallest absolute Gasteiger partial charge is 0.347 e. The largest absolute Gasteiger partial charge is 0.460 e. The highest BCUT2D eigenvalue weighted by Gasteiger charge is 2.42. The zero-order valence-corrected chi connectivity index (χ0v) is 17.7. The van der Waals surface area contributed by atoms with Crippen molar-refractivity contribution < 1.29 is 14.6 Å². The molecule has 0 spiro atoms. The van der Waals surface area contributed by atoms with Crippen molar-refractivity contribution in [1.29, 1.82) is 0 Å². The third-order valence-corrected chi connectivity index (χ3v) is 6.05. The molecule has 0 atom stereocenters. The van der Waals surface area contributed by atoms with Crippen molar-refractivity contribution in [3.05, 3.63) is 108 Å². The van der Waals surface area contributed by atoms with E-state index in [4.69, 9.17) is 4.74 Å². The van der Waals surface area contributed by atoms with E-state index in [0.717, 1.165) is 38.9 Å². The predicted octanol–water partition coefficient (Wildman–Crippen LogP) is 4.17. The van der Waals surface area contributed by atoms with Crippen LogP contribution in [0.15, 0.2) is 91.0 Å². The van der Waals surface area contributed by atoms with Gasteiger partial charge in [0.1, 0.15) is 6.10 Å². The number of carbonyl (C=O) groups excluding carboxylic acids is 1. The van der Waals surface area contributed by atoms with Gasteiger partial charge in [0.15, 0.2) is 0 Å². The van der Waals surface area contributed by atoms with E-state index in [9.17, 15) is 9.90 Å². The van der Waals surface area contributed by atoms with E-state index in [2.05, 4.69) is 29.2 Å². The van der Waals surface area contributed by atoms with Crippen LogP contribution in [-0.4, -0.2) is 41.7 Å². The second-order valence-electron chi connectivity index (χ2n) is 8.12. The van der Waals surface area contributed by atoms with Crippen molar-refractivity contribution in [1.82, 2.24) is 4.90 Å². The molecule has 31 heavy (non-hydrogen) atoms. The minimum Gasteiger partial charge on any atom is -0.460 e. The summed E-state index contributed by atoms with van der Waals surface area (Å²) in [7, 11) is 0. The quantitative estimate of drug-likeness (QED) is 0.589. The number of esters is 1. The molecule has 3 aromatic rings. The molecular weight excluding hydrogens is 386 g/mol. The first-order valence-electron chi connectivity index (χ1n) is 11.0. The maximum absolute atomic E-state index is 13.2. The molecule has 4 nitrogen and oxygen atoms in total. The van der Waals surface area contributed by atoms with Crippen LogP contribution in [0.1, 0.15) is 29.5 Å². The number of benzene rings is 3. The van der Waals surface area contributed by atoms with Crippen molar-refractivity contribution in [2.24, 2.45) is 0 Å². The highest BCUT2D eigenvalue weighted by atomic mass is 16.6. The monoisotopic (exact) mass is 415 g/mol. The third-order valence-electron chi connectivity index (χ3n) is 6.05. The van der Waals surface area contributed by atoms with Crippen molar-refractivity contribution in [3.8, 4) is 0 Å². The van der Waals surface area contributed by atoms with Crippen LogP contribution in [-0.2, 0) is 21.6 Å². The topological polar surface area (TPSA) is 49.8 Å². The fourth-order valence-corrected chi connectivity index (χ4v) is 4.18. The molecule has 1 N–H and O–H groups in total. The van der Waals surface area contributed by atoms with Crippen LogP contribution in [0.4, 0.5) is 0 Å². The molecule has 3 aromatic carbocycles. The van der Waals surface area contributed by atoms with Crippen molar-refractivity contribution >= 4 is 5.97 Å². The third kappa shape index (κ3) is 5.04. The van der Waals surface area contributed by atoms with Gasteiger partial charge in [-0.25, -0.2) is 4.79 Å². The molecule has 1 heterocycles. The second kappa shape index (κ2) is 9.90. The Morgan fingerprint density at radius 3 is 1.84 bits per heavy atom. The van der Waals surface area contributed by atoms with Gasteiger partial charge in [-0.1, -0.05) is 91.0 Å². The number of hydrogen-bond acceptors (Lipinski definition) is 4. The normalized spacial score (nSPS) is 15.5. The number of hydrogen-bond donors (Lipinski definition) is 1. The molecular formula is C27H29NO3. The van der Waals surface area contributed by atoms with Gasteiger partial charge in [0.05, 0.1) is 0 Å². The summed E-state index contributed by atoms with van der Waals surface area (Å²) < 4.78 is 5.86. The average Bonchev–Trinajstić information content (AvgIpc) is 2.85. The van der Waals surface area contributed by atoms with Gasteiger partial charge in [0.25, 0.3) is 0 Å². The highest BCUT2D eigenvalue weighted by molar-refractivity contribution is 5.85. The number of nitrogens with zero attached hydrogens (tertiary/aromatic N) is 1. The Balaban J connectivity index is 1.38. The SMILES string of the molecule is O=C(OC1CCN(CCc2ccccc2)CC1)C(O)(c1ccccc1)c1ccccc1. The van der Waals surface area contributed by atoms with Gasteiger partial charge < -0.3 is 14.7 Å². The molecule has 0 aromatic heterocycles. The van der Waals surface area contributed by atoms with E-state index in [1.807, 2.05) is 42.5 Å². The van der Waals surface area contributed by atoms with Crippen LogP contribution < -0.4 is 0 Å². The molecule has 1 aliphatic heterocycles. The fraction of sp³-hybridized carbons (Fsp3) is 0.296. The first-order chi connectivity index (χ1) is 15.2. The molecule has 0 radical (unpaired) electrons. The molecule has 0 unspecified atom stereocenters. The highest BCUT2D eigenvalue weighted by Crippen LogP contribution is 2.32. The van der Waals surface area contributed by atoms with E-state index >= 15 is 0 Å². The average molecular weight is 416 g/mol. The Hall–Kier alpha value is -2.95. The maximum Gasteiger partial charge on any atom is 0.347 e. The summed E-state index contributed by atoms with van der Waals surface area (Å²) in [5.41, 5.74) is 0.567. The lowest BCUT2D eigenvalue weighted by Crippen LogP contribution is -2.44. The Bertz CT molecular complexity index is 912. The summed E-state index contributed by atoms with van der Waals surface area (Å²) in [4.78, 5) is 15.7. The van der Waals surface area contributed by atoms with Crippen LogP contribution in [0.2, 0.25) is 0 Å². The summed E-state index contributed by atoms with van der Waals surface area (Å²) in [6, 6.07) is 28.6. The van der Waals surface area contributed by atoms with E-state index in [0.29, 0.717) is 11.1 Å². The van der Waals surface area contributed by atoms with Crippen LogP contribution in [0.5, 0.6) is 0 Å². The van der Waals surface area contributed by atoms with Gasteiger partial charge in [-0.15, -0.1) is 0 Å². The Labute approximate surface area is 184 Å². The number of ether oxygens (including phenoxy) is 1. The summed E-state index contributed by atoms with van der Waals surface area (Å²) >= 11 is 0. The van der Waals surface area contributed by atoms with Crippen molar-refractivity contribution in [2.75, 3.05) is 19.6 Å². The van der Waals surface area contributed by atoms with E-state index in [1.165, 1.54) is 5.56 Å². The molecule has 0 aliphatic carbocycles. The summed E-state index contributed by atoms with van der Waals surface area (Å²) in [6.07, 6.45) is 2.40. The molecule has 0 amide bonds. The fourth-order valence-electron chi connectivity index (χ4n) is 4.18. The second-order valence-corrected chi connectivity index (χ2v) is 8.12. The zero-order chi connectivity index (χ0) is 21.5. The minimum atomic E-state index is -1.81. The molecule has 1 saturated heterocycles. The molecule has 1 fully saturated rings. The lowest BCUT2D eigenvalue weighted by Gasteiger charge is -2.34. The molecule has 4 heteroatoms. The van der Waals surface area contributed by atoms with Gasteiger partial charge in [-0.2, -0.15) is 0 Å². The van der Waals surface area contributed by atoms with E-state index < -0.39 is 11.6 Å². The van der Waals surface area contributed by atoms with Crippen LogP contribution in [0.25, 0.3) is 0 Å². The molecule has 0 saturated carbocycles. The van der Waals surface area contributed by atoms with Crippen molar-refractivity contribution in [3.63, 3.8) is 0 Å². The Morgan fingerprint density at radius 2 is 1.32 bits per heavy atom. The minimum absolute atomic E-state index is 0.181. The molecule has 160 valence electrons. The number of likely N-dealkylation sites (tertiary alicyclic amines) is 1. The number of rotatable bonds is 7. The van der Waals surface area contributed by atoms with Crippen molar-refractivity contribution in [2.45, 2.75) is 31.0 Å². The standard InChI is InChI=1S/C27H29NO3/c29-26(27(30,23-12-6-2-7-13-23)24-14-8-3-9-15-24)31-25-17-20-28(21-18-25)19-16-22-10-4-1-5-11-22/h1-15,25,30H,16-21H2. The summed E-state index contributed by atoms with van der Waals surface area (Å²) in [5, 5.41) is 11.5. The Morgan fingerprint density at radius 1 is 0.839 bits per heavy atom. The number of aliphatic hydroxyl groups is 1. The van der Waals surface area contributed by atoms with Gasteiger partial charge in [0.2, 0.25) is 5.60 Å². The molecule has 4 rings (SSSR count). The zero-order valence-electron chi connectivity index (χ0n) is 17.7.